The summed E-state index contributed by atoms with van der Waals surface area (Å²) in [6, 6.07) is 16.0. The molecule has 6 heteroatoms. The number of hydrazine groups is 1. The molecular weight excluding hydrogens is 336 g/mol. The first-order valence-corrected chi connectivity index (χ1v) is 7.54. The van der Waals surface area contributed by atoms with Gasteiger partial charge in [-0.1, -0.05) is 45.9 Å². The van der Waals surface area contributed by atoms with E-state index < -0.39 is 0 Å². The van der Waals surface area contributed by atoms with Crippen molar-refractivity contribution in [2.45, 2.75) is 9.92 Å². The van der Waals surface area contributed by atoms with Gasteiger partial charge >= 0.3 is 0 Å². The number of anilines is 1. The molecule has 0 bridgehead atoms. The van der Waals surface area contributed by atoms with Gasteiger partial charge in [0.25, 0.3) is 0 Å². The summed E-state index contributed by atoms with van der Waals surface area (Å²) in [7, 11) is 0. The van der Waals surface area contributed by atoms with Crippen LogP contribution in [0, 0.1) is 0 Å². The zero-order chi connectivity index (χ0) is 13.9. The lowest BCUT2D eigenvalue weighted by molar-refractivity contribution is 1.07. The fourth-order valence-electron chi connectivity index (χ4n) is 1.80. The minimum Gasteiger partial charge on any atom is -0.292 e. The lowest BCUT2D eigenvalue weighted by Gasteiger charge is -2.07. The molecule has 0 saturated carbocycles. The van der Waals surface area contributed by atoms with E-state index in [1.54, 1.807) is 11.8 Å². The topological polar surface area (TPSA) is 63.8 Å². The summed E-state index contributed by atoms with van der Waals surface area (Å²) < 4.78 is 1.05. The summed E-state index contributed by atoms with van der Waals surface area (Å²) in [6.07, 6.45) is 0. The van der Waals surface area contributed by atoms with Gasteiger partial charge in [0.1, 0.15) is 5.03 Å². The normalized spacial score (nSPS) is 10.7. The van der Waals surface area contributed by atoms with Gasteiger partial charge in [0.05, 0.1) is 5.52 Å². The van der Waals surface area contributed by atoms with Crippen molar-refractivity contribution >= 4 is 44.5 Å². The number of nitrogens with one attached hydrogen (secondary N) is 1. The number of aromatic nitrogens is 2. The Morgan fingerprint density at radius 2 is 1.75 bits per heavy atom. The van der Waals surface area contributed by atoms with Crippen molar-refractivity contribution < 1.29 is 0 Å². The summed E-state index contributed by atoms with van der Waals surface area (Å²) in [5, 5.41) is 1.89. The van der Waals surface area contributed by atoms with Crippen LogP contribution in [0.25, 0.3) is 10.9 Å². The molecule has 0 saturated heterocycles. The zero-order valence-corrected chi connectivity index (χ0v) is 12.8. The molecule has 0 unspecified atom stereocenters. The summed E-state index contributed by atoms with van der Waals surface area (Å²) >= 11 is 5.02. The molecule has 3 aromatic rings. The van der Waals surface area contributed by atoms with E-state index >= 15 is 0 Å². The van der Waals surface area contributed by atoms with Crippen molar-refractivity contribution in [3.8, 4) is 0 Å². The number of para-hydroxylation sites is 1. The molecule has 0 radical (unpaired) electrons. The van der Waals surface area contributed by atoms with E-state index in [4.69, 9.17) is 5.84 Å². The Bertz CT molecular complexity index is 746. The summed E-state index contributed by atoms with van der Waals surface area (Å²) in [5.74, 6) is 5.85. The molecule has 3 N–H and O–H groups in total. The van der Waals surface area contributed by atoms with Gasteiger partial charge in [-0.25, -0.2) is 15.8 Å². The lowest BCUT2D eigenvalue weighted by atomic mass is 10.2. The molecule has 0 fully saturated rings. The van der Waals surface area contributed by atoms with Crippen molar-refractivity contribution in [3.63, 3.8) is 0 Å². The third-order valence-electron chi connectivity index (χ3n) is 2.73. The summed E-state index contributed by atoms with van der Waals surface area (Å²) in [5.41, 5.74) is 3.38. The van der Waals surface area contributed by atoms with Crippen LogP contribution in [0.15, 0.2) is 62.9 Å². The molecule has 0 aliphatic rings. The van der Waals surface area contributed by atoms with Crippen LogP contribution >= 0.6 is 27.7 Å². The number of rotatable bonds is 3. The number of fused-ring (bicyclic) bond motifs is 1. The first-order chi connectivity index (χ1) is 9.76. The second-order valence-electron chi connectivity index (χ2n) is 4.07. The Hall–Kier alpha value is -1.63. The van der Waals surface area contributed by atoms with Crippen LogP contribution in [-0.2, 0) is 0 Å². The van der Waals surface area contributed by atoms with Gasteiger partial charge in [-0.15, -0.1) is 0 Å². The Labute approximate surface area is 128 Å². The highest BCUT2D eigenvalue weighted by atomic mass is 79.9. The van der Waals surface area contributed by atoms with Crippen LogP contribution in [0.4, 0.5) is 5.95 Å². The van der Waals surface area contributed by atoms with E-state index in [0.29, 0.717) is 5.95 Å². The molecule has 100 valence electrons. The predicted octanol–water partition coefficient (Wildman–Crippen LogP) is 3.83. The van der Waals surface area contributed by atoms with E-state index in [9.17, 15) is 0 Å². The number of nitrogens with two attached hydrogens (primary N) is 1. The number of halogens is 1. The highest BCUT2D eigenvalue weighted by molar-refractivity contribution is 9.10. The maximum atomic E-state index is 5.43. The van der Waals surface area contributed by atoms with Gasteiger partial charge in [0, 0.05) is 14.8 Å². The highest BCUT2D eigenvalue weighted by Gasteiger charge is 2.08. The molecule has 1 heterocycles. The van der Waals surface area contributed by atoms with Crippen molar-refractivity contribution in [2.75, 3.05) is 5.43 Å². The van der Waals surface area contributed by atoms with Crippen molar-refractivity contribution in [1.82, 2.24) is 9.97 Å². The number of hydrogen-bond donors (Lipinski definition) is 2. The number of benzene rings is 2. The van der Waals surface area contributed by atoms with E-state index in [2.05, 4.69) is 31.3 Å². The SMILES string of the molecule is NNc1nc(Sc2ccc(Br)cc2)c2ccccc2n1. The van der Waals surface area contributed by atoms with Crippen molar-refractivity contribution in [3.05, 3.63) is 53.0 Å². The Morgan fingerprint density at radius 3 is 2.50 bits per heavy atom. The molecule has 0 aliphatic carbocycles. The standard InChI is InChI=1S/C14H11BrN4S/c15-9-5-7-10(8-6-9)20-13-11-3-1-2-4-12(11)17-14(18-13)19-16/h1-8H,16H2,(H,17,18,19). The monoisotopic (exact) mass is 346 g/mol. The third-order valence-corrected chi connectivity index (χ3v) is 4.27. The maximum absolute atomic E-state index is 5.43. The van der Waals surface area contributed by atoms with Gasteiger partial charge < -0.3 is 0 Å². The van der Waals surface area contributed by atoms with Gasteiger partial charge in [-0.3, -0.25) is 5.43 Å². The Morgan fingerprint density at radius 1 is 1.00 bits per heavy atom. The van der Waals surface area contributed by atoms with E-state index in [-0.39, 0.29) is 0 Å². The van der Waals surface area contributed by atoms with Crippen LogP contribution in [-0.4, -0.2) is 9.97 Å². The minimum absolute atomic E-state index is 0.420. The molecule has 0 spiro atoms. The number of nitrogen functional groups attached to an aromatic ring is 1. The molecule has 20 heavy (non-hydrogen) atoms. The fourth-order valence-corrected chi connectivity index (χ4v) is 2.98. The summed E-state index contributed by atoms with van der Waals surface area (Å²) in [6.45, 7) is 0. The highest BCUT2D eigenvalue weighted by Crippen LogP contribution is 2.32. The summed E-state index contributed by atoms with van der Waals surface area (Å²) in [4.78, 5) is 9.89. The molecule has 0 aliphatic heterocycles. The van der Waals surface area contributed by atoms with E-state index in [1.807, 2.05) is 48.5 Å². The second-order valence-corrected chi connectivity index (χ2v) is 6.05. The Kier molecular flexibility index (Phi) is 3.86. The average Bonchev–Trinajstić information content (AvgIpc) is 2.49. The smallest absolute Gasteiger partial charge is 0.238 e. The van der Waals surface area contributed by atoms with Gasteiger partial charge in [-0.05, 0) is 30.3 Å². The lowest BCUT2D eigenvalue weighted by Crippen LogP contribution is -2.10. The Balaban J connectivity index is 2.07. The van der Waals surface area contributed by atoms with Crippen LogP contribution in [0.5, 0.6) is 0 Å². The van der Waals surface area contributed by atoms with Crippen molar-refractivity contribution in [2.24, 2.45) is 5.84 Å². The maximum Gasteiger partial charge on any atom is 0.238 e. The minimum atomic E-state index is 0.420. The number of hydrogen-bond acceptors (Lipinski definition) is 5. The van der Waals surface area contributed by atoms with Gasteiger partial charge in [0.15, 0.2) is 0 Å². The molecule has 1 aromatic heterocycles. The second kappa shape index (κ2) is 5.78. The van der Waals surface area contributed by atoms with Crippen molar-refractivity contribution in [1.29, 1.82) is 0 Å². The van der Waals surface area contributed by atoms with Crippen LogP contribution in [0.3, 0.4) is 0 Å². The molecule has 3 rings (SSSR count). The molecule has 2 aromatic carbocycles. The van der Waals surface area contributed by atoms with Gasteiger partial charge in [-0.2, -0.15) is 0 Å². The van der Waals surface area contributed by atoms with E-state index in [1.165, 1.54) is 0 Å². The average molecular weight is 347 g/mol. The quantitative estimate of drug-likeness (QED) is 0.428. The zero-order valence-electron chi connectivity index (χ0n) is 10.4. The van der Waals surface area contributed by atoms with Crippen LogP contribution in [0.2, 0.25) is 0 Å². The molecule has 0 atom stereocenters. The largest absolute Gasteiger partial charge is 0.292 e. The van der Waals surface area contributed by atoms with E-state index in [0.717, 1.165) is 25.3 Å². The molecule has 0 amide bonds. The van der Waals surface area contributed by atoms with Gasteiger partial charge in [0.2, 0.25) is 5.95 Å². The third kappa shape index (κ3) is 2.77. The number of nitrogens with zero attached hydrogens (tertiary/aromatic N) is 2. The fraction of sp³-hybridized carbons (Fsp3) is 0. The first kappa shape index (κ1) is 13.4. The molecule has 4 nitrogen and oxygen atoms in total. The first-order valence-electron chi connectivity index (χ1n) is 5.93. The van der Waals surface area contributed by atoms with Crippen LogP contribution < -0.4 is 11.3 Å². The molecular formula is C14H11BrN4S. The van der Waals surface area contributed by atoms with Crippen LogP contribution in [0.1, 0.15) is 0 Å². The predicted molar refractivity (Wildman–Crippen MR) is 85.6 cm³/mol.